The summed E-state index contributed by atoms with van der Waals surface area (Å²) in [6.45, 7) is 9.45. The van der Waals surface area contributed by atoms with E-state index in [9.17, 15) is 0 Å². The fourth-order valence-corrected chi connectivity index (χ4v) is 4.37. The molecular formula is C15H24O. The maximum absolute atomic E-state index is 6.24. The van der Waals surface area contributed by atoms with Crippen molar-refractivity contribution < 1.29 is 4.74 Å². The zero-order valence-corrected chi connectivity index (χ0v) is 10.9. The molecule has 0 amide bonds. The SMILES string of the molecule is CC1=C[C@@H]2[C@@H]3C[C@H]1O[C@@H]3[C@@H](C)C[C@H]2C(C)C. The van der Waals surface area contributed by atoms with Crippen molar-refractivity contribution >= 4 is 0 Å². The van der Waals surface area contributed by atoms with Gasteiger partial charge in [0.05, 0.1) is 12.2 Å². The van der Waals surface area contributed by atoms with Crippen LogP contribution in [0.5, 0.6) is 0 Å². The van der Waals surface area contributed by atoms with Crippen LogP contribution >= 0.6 is 0 Å². The highest BCUT2D eigenvalue weighted by atomic mass is 16.5. The van der Waals surface area contributed by atoms with Gasteiger partial charge in [-0.3, -0.25) is 0 Å². The van der Waals surface area contributed by atoms with Crippen molar-refractivity contribution in [3.05, 3.63) is 11.6 Å². The van der Waals surface area contributed by atoms with Crippen LogP contribution in [0, 0.1) is 29.6 Å². The zero-order chi connectivity index (χ0) is 11.4. The molecule has 90 valence electrons. The Labute approximate surface area is 99.3 Å². The summed E-state index contributed by atoms with van der Waals surface area (Å²) in [5.74, 6) is 4.09. The van der Waals surface area contributed by atoms with E-state index in [4.69, 9.17) is 4.74 Å². The van der Waals surface area contributed by atoms with E-state index in [-0.39, 0.29) is 0 Å². The Bertz CT molecular complexity index is 317. The molecular weight excluding hydrogens is 196 g/mol. The molecule has 0 aromatic rings. The summed E-state index contributed by atoms with van der Waals surface area (Å²) in [5.41, 5.74) is 1.50. The minimum Gasteiger partial charge on any atom is -0.370 e. The number of allylic oxidation sites excluding steroid dienone is 1. The Morgan fingerprint density at radius 2 is 2.06 bits per heavy atom. The van der Waals surface area contributed by atoms with Crippen molar-refractivity contribution in [1.82, 2.24) is 0 Å². The third-order valence-electron chi connectivity index (χ3n) is 5.24. The second kappa shape index (κ2) is 3.60. The van der Waals surface area contributed by atoms with Gasteiger partial charge in [0, 0.05) is 0 Å². The number of hydrogen-bond donors (Lipinski definition) is 0. The van der Waals surface area contributed by atoms with Crippen molar-refractivity contribution in [3.63, 3.8) is 0 Å². The summed E-state index contributed by atoms with van der Waals surface area (Å²) in [5, 5.41) is 0. The lowest BCUT2D eigenvalue weighted by atomic mass is 9.61. The lowest BCUT2D eigenvalue weighted by Crippen LogP contribution is -2.41. The maximum Gasteiger partial charge on any atom is 0.0790 e. The van der Waals surface area contributed by atoms with Crippen molar-refractivity contribution in [2.45, 2.75) is 52.7 Å². The van der Waals surface area contributed by atoms with Gasteiger partial charge in [-0.1, -0.05) is 26.8 Å². The van der Waals surface area contributed by atoms with E-state index in [1.54, 1.807) is 0 Å². The molecule has 1 nitrogen and oxygen atoms in total. The van der Waals surface area contributed by atoms with Crippen LogP contribution in [-0.2, 0) is 4.74 Å². The van der Waals surface area contributed by atoms with Crippen LogP contribution in [0.2, 0.25) is 0 Å². The summed E-state index contributed by atoms with van der Waals surface area (Å²) < 4.78 is 6.24. The average molecular weight is 220 g/mol. The molecule has 2 fully saturated rings. The highest BCUT2D eigenvalue weighted by Gasteiger charge is 2.51. The second-order valence-corrected chi connectivity index (χ2v) is 6.60. The number of fused-ring (bicyclic) bond motifs is 1. The van der Waals surface area contributed by atoms with Crippen LogP contribution in [0.4, 0.5) is 0 Å². The first-order chi connectivity index (χ1) is 7.58. The molecule has 2 bridgehead atoms. The molecule has 0 unspecified atom stereocenters. The van der Waals surface area contributed by atoms with Gasteiger partial charge in [-0.2, -0.15) is 0 Å². The van der Waals surface area contributed by atoms with Crippen molar-refractivity contribution in [3.8, 4) is 0 Å². The topological polar surface area (TPSA) is 9.23 Å². The molecule has 1 heteroatoms. The van der Waals surface area contributed by atoms with Gasteiger partial charge in [0.2, 0.25) is 0 Å². The fraction of sp³-hybridized carbons (Fsp3) is 0.867. The Kier molecular flexibility index (Phi) is 2.43. The van der Waals surface area contributed by atoms with Gasteiger partial charge in [-0.15, -0.1) is 0 Å². The van der Waals surface area contributed by atoms with Crippen LogP contribution in [0.3, 0.4) is 0 Å². The predicted octanol–water partition coefficient (Wildman–Crippen LogP) is 3.65. The fourth-order valence-electron chi connectivity index (χ4n) is 4.37. The maximum atomic E-state index is 6.24. The molecule has 1 saturated heterocycles. The largest absolute Gasteiger partial charge is 0.370 e. The lowest BCUT2D eigenvalue weighted by molar-refractivity contribution is -0.0266. The Hall–Kier alpha value is -0.300. The molecule has 3 aliphatic rings. The number of hydrogen-bond acceptors (Lipinski definition) is 1. The molecule has 3 rings (SSSR count). The van der Waals surface area contributed by atoms with Gasteiger partial charge in [0.25, 0.3) is 0 Å². The summed E-state index contributed by atoms with van der Waals surface area (Å²) in [7, 11) is 0. The van der Waals surface area contributed by atoms with E-state index in [0.717, 1.165) is 29.6 Å². The molecule has 0 spiro atoms. The standard InChI is InChI=1S/C15H24O/c1-8(2)11-6-10(4)15-13-7-14(16-15)9(3)5-12(11)13/h5,8,10-15H,6-7H2,1-4H3/t10-,11-,12-,13-,14+,15+/m0/s1. The molecule has 0 aromatic carbocycles. The summed E-state index contributed by atoms with van der Waals surface area (Å²) in [6, 6.07) is 0. The molecule has 0 aromatic heterocycles. The number of rotatable bonds is 1. The summed E-state index contributed by atoms with van der Waals surface area (Å²) in [6.07, 6.45) is 6.22. The molecule has 1 saturated carbocycles. The number of ether oxygens (including phenoxy) is 1. The third kappa shape index (κ3) is 1.40. The molecule has 16 heavy (non-hydrogen) atoms. The van der Waals surface area contributed by atoms with E-state index < -0.39 is 0 Å². The van der Waals surface area contributed by atoms with E-state index in [1.807, 2.05) is 0 Å². The van der Waals surface area contributed by atoms with Crippen LogP contribution in [0.15, 0.2) is 11.6 Å². The Morgan fingerprint density at radius 1 is 1.31 bits per heavy atom. The van der Waals surface area contributed by atoms with Crippen LogP contribution in [-0.4, -0.2) is 12.2 Å². The van der Waals surface area contributed by atoms with Crippen LogP contribution < -0.4 is 0 Å². The summed E-state index contributed by atoms with van der Waals surface area (Å²) >= 11 is 0. The zero-order valence-electron chi connectivity index (χ0n) is 10.9. The molecule has 2 aliphatic carbocycles. The van der Waals surface area contributed by atoms with Crippen molar-refractivity contribution in [1.29, 1.82) is 0 Å². The monoisotopic (exact) mass is 220 g/mol. The third-order valence-corrected chi connectivity index (χ3v) is 5.24. The minimum absolute atomic E-state index is 0.458. The van der Waals surface area contributed by atoms with E-state index >= 15 is 0 Å². The van der Waals surface area contributed by atoms with Gasteiger partial charge in [-0.05, 0) is 54.9 Å². The van der Waals surface area contributed by atoms with Gasteiger partial charge < -0.3 is 4.74 Å². The van der Waals surface area contributed by atoms with E-state index in [2.05, 4.69) is 33.8 Å². The Balaban J connectivity index is 1.96. The summed E-state index contributed by atoms with van der Waals surface area (Å²) in [4.78, 5) is 0. The van der Waals surface area contributed by atoms with Crippen LogP contribution in [0.1, 0.15) is 40.5 Å². The van der Waals surface area contributed by atoms with Gasteiger partial charge in [-0.25, -0.2) is 0 Å². The average Bonchev–Trinajstić information content (AvgIpc) is 2.62. The van der Waals surface area contributed by atoms with Gasteiger partial charge in [0.15, 0.2) is 0 Å². The molecule has 1 aliphatic heterocycles. The Morgan fingerprint density at radius 3 is 2.75 bits per heavy atom. The normalized spacial score (nSPS) is 50.7. The lowest BCUT2D eigenvalue weighted by Gasteiger charge is -2.43. The van der Waals surface area contributed by atoms with Crippen LogP contribution in [0.25, 0.3) is 0 Å². The van der Waals surface area contributed by atoms with Gasteiger partial charge >= 0.3 is 0 Å². The predicted molar refractivity (Wildman–Crippen MR) is 66.1 cm³/mol. The highest BCUT2D eigenvalue weighted by Crippen LogP contribution is 2.53. The quantitative estimate of drug-likeness (QED) is 0.613. The first-order valence-corrected chi connectivity index (χ1v) is 6.91. The first-order valence-electron chi connectivity index (χ1n) is 6.91. The van der Waals surface area contributed by atoms with Crippen molar-refractivity contribution in [2.24, 2.45) is 29.6 Å². The molecule has 0 radical (unpaired) electrons. The van der Waals surface area contributed by atoms with Crippen molar-refractivity contribution in [2.75, 3.05) is 0 Å². The smallest absolute Gasteiger partial charge is 0.0790 e. The molecule has 1 heterocycles. The minimum atomic E-state index is 0.458. The molecule has 6 atom stereocenters. The molecule has 0 N–H and O–H groups in total. The van der Waals surface area contributed by atoms with Gasteiger partial charge in [0.1, 0.15) is 0 Å². The first kappa shape index (κ1) is 10.8. The second-order valence-electron chi connectivity index (χ2n) is 6.60. The highest BCUT2D eigenvalue weighted by molar-refractivity contribution is 5.20. The van der Waals surface area contributed by atoms with E-state index in [1.165, 1.54) is 18.4 Å². The van der Waals surface area contributed by atoms with E-state index in [0.29, 0.717) is 12.2 Å².